The van der Waals surface area contributed by atoms with Gasteiger partial charge in [-0.15, -0.1) is 11.8 Å². The minimum atomic E-state index is -0.191. The van der Waals surface area contributed by atoms with Crippen molar-refractivity contribution >= 4 is 23.7 Å². The number of rotatable bonds is 9. The average molecular weight is 323 g/mol. The van der Waals surface area contributed by atoms with Crippen LogP contribution in [0.15, 0.2) is 35.2 Å². The predicted octanol–water partition coefficient (Wildman–Crippen LogP) is 2.24. The molecular weight excluding hydrogens is 298 g/mol. The van der Waals surface area contributed by atoms with E-state index in [1.54, 1.807) is 11.8 Å². The predicted molar refractivity (Wildman–Crippen MR) is 91.0 cm³/mol. The van der Waals surface area contributed by atoms with Gasteiger partial charge in [-0.1, -0.05) is 32.0 Å². The topological polar surface area (TPSA) is 70.2 Å². The van der Waals surface area contributed by atoms with Crippen LogP contribution in [0.1, 0.15) is 20.3 Å². The highest BCUT2D eigenvalue weighted by Gasteiger charge is 2.05. The molecule has 5 nitrogen and oxygen atoms in total. The lowest BCUT2D eigenvalue weighted by Crippen LogP contribution is -2.41. The van der Waals surface area contributed by atoms with Crippen molar-refractivity contribution in [2.24, 2.45) is 5.92 Å². The second-order valence-corrected chi connectivity index (χ2v) is 6.31. The number of carbonyl (C=O) groups is 2. The Morgan fingerprint density at radius 2 is 1.64 bits per heavy atom. The molecule has 0 atom stereocenters. The first-order chi connectivity index (χ1) is 10.6. The Balaban J connectivity index is 1.96. The van der Waals surface area contributed by atoms with E-state index in [9.17, 15) is 9.59 Å². The number of benzene rings is 1. The highest BCUT2D eigenvalue weighted by molar-refractivity contribution is 7.99. The van der Waals surface area contributed by atoms with Gasteiger partial charge < -0.3 is 16.0 Å². The quantitative estimate of drug-likeness (QED) is 0.482. The Labute approximate surface area is 136 Å². The maximum absolute atomic E-state index is 11.5. The van der Waals surface area contributed by atoms with E-state index in [1.165, 1.54) is 4.90 Å². The number of urea groups is 1. The van der Waals surface area contributed by atoms with Crippen molar-refractivity contribution in [3.63, 3.8) is 0 Å². The minimum absolute atomic E-state index is 0.000134. The van der Waals surface area contributed by atoms with E-state index < -0.39 is 0 Å². The molecule has 0 aliphatic rings. The lowest BCUT2D eigenvalue weighted by molar-refractivity contribution is -0.123. The van der Waals surface area contributed by atoms with Crippen LogP contribution in [0.2, 0.25) is 0 Å². The second-order valence-electron chi connectivity index (χ2n) is 5.14. The molecular formula is C16H25N3O2S. The van der Waals surface area contributed by atoms with Crippen LogP contribution < -0.4 is 16.0 Å². The minimum Gasteiger partial charge on any atom is -0.354 e. The van der Waals surface area contributed by atoms with Crippen molar-refractivity contribution in [3.8, 4) is 0 Å². The first kappa shape index (κ1) is 18.4. The Morgan fingerprint density at radius 1 is 1.00 bits per heavy atom. The van der Waals surface area contributed by atoms with Crippen molar-refractivity contribution in [2.75, 3.05) is 25.4 Å². The number of hydrogen-bond acceptors (Lipinski definition) is 3. The molecule has 0 aliphatic carbocycles. The fraction of sp³-hybridized carbons (Fsp3) is 0.500. The van der Waals surface area contributed by atoms with Crippen LogP contribution in [-0.4, -0.2) is 37.3 Å². The molecule has 0 saturated heterocycles. The van der Waals surface area contributed by atoms with E-state index in [0.29, 0.717) is 19.6 Å². The zero-order valence-corrected chi connectivity index (χ0v) is 14.0. The summed E-state index contributed by atoms with van der Waals surface area (Å²) in [4.78, 5) is 24.1. The molecule has 6 heteroatoms. The fourth-order valence-electron chi connectivity index (χ4n) is 1.61. The molecule has 1 aromatic carbocycles. The van der Waals surface area contributed by atoms with Crippen molar-refractivity contribution in [3.05, 3.63) is 30.3 Å². The van der Waals surface area contributed by atoms with Gasteiger partial charge in [-0.05, 0) is 24.3 Å². The molecule has 1 aromatic rings. The van der Waals surface area contributed by atoms with Gasteiger partial charge in [0.05, 0.1) is 0 Å². The van der Waals surface area contributed by atoms with Crippen LogP contribution in [-0.2, 0) is 4.79 Å². The van der Waals surface area contributed by atoms with Crippen LogP contribution in [0, 0.1) is 5.92 Å². The summed E-state index contributed by atoms with van der Waals surface area (Å²) in [5.41, 5.74) is 0. The first-order valence-corrected chi connectivity index (χ1v) is 8.55. The Morgan fingerprint density at radius 3 is 2.32 bits per heavy atom. The maximum Gasteiger partial charge on any atom is 0.314 e. The third kappa shape index (κ3) is 8.56. The molecule has 0 aliphatic heterocycles. The van der Waals surface area contributed by atoms with E-state index in [0.717, 1.165) is 12.2 Å². The van der Waals surface area contributed by atoms with Gasteiger partial charge in [-0.2, -0.15) is 0 Å². The third-order valence-corrected chi connectivity index (χ3v) is 3.95. The number of amides is 3. The second kappa shape index (κ2) is 11.0. The lowest BCUT2D eigenvalue weighted by Gasteiger charge is -2.09. The number of hydrogen-bond donors (Lipinski definition) is 3. The molecule has 0 fully saturated rings. The van der Waals surface area contributed by atoms with Crippen LogP contribution in [0.25, 0.3) is 0 Å². The van der Waals surface area contributed by atoms with Crippen LogP contribution >= 0.6 is 11.8 Å². The van der Waals surface area contributed by atoms with Crippen LogP contribution in [0.5, 0.6) is 0 Å². The lowest BCUT2D eigenvalue weighted by atomic mass is 10.2. The zero-order chi connectivity index (χ0) is 16.2. The van der Waals surface area contributed by atoms with Gasteiger partial charge in [-0.3, -0.25) is 4.79 Å². The first-order valence-electron chi connectivity index (χ1n) is 7.57. The summed E-state index contributed by atoms with van der Waals surface area (Å²) in [7, 11) is 0. The summed E-state index contributed by atoms with van der Waals surface area (Å²) in [6, 6.07) is 10.0. The summed E-state index contributed by atoms with van der Waals surface area (Å²) in [5.74, 6) is 0.936. The molecule has 0 spiro atoms. The third-order valence-electron chi connectivity index (χ3n) is 2.85. The van der Waals surface area contributed by atoms with E-state index >= 15 is 0 Å². The van der Waals surface area contributed by atoms with Crippen molar-refractivity contribution in [1.29, 1.82) is 0 Å². The van der Waals surface area contributed by atoms with E-state index in [2.05, 4.69) is 28.1 Å². The SMILES string of the molecule is CC(C)C(=O)NCCNC(=O)NCCCSc1ccccc1. The fourth-order valence-corrected chi connectivity index (χ4v) is 2.48. The largest absolute Gasteiger partial charge is 0.354 e. The van der Waals surface area contributed by atoms with Gasteiger partial charge >= 0.3 is 6.03 Å². The summed E-state index contributed by atoms with van der Waals surface area (Å²) >= 11 is 1.78. The molecule has 3 amide bonds. The molecule has 0 aromatic heterocycles. The molecule has 0 unspecified atom stereocenters. The molecule has 0 saturated carbocycles. The summed E-state index contributed by atoms with van der Waals surface area (Å²) in [6.07, 6.45) is 0.914. The van der Waals surface area contributed by atoms with E-state index in [-0.39, 0.29) is 17.9 Å². The van der Waals surface area contributed by atoms with Gasteiger partial charge in [0.2, 0.25) is 5.91 Å². The number of thioether (sulfide) groups is 1. The Bertz CT molecular complexity index is 452. The normalized spacial score (nSPS) is 10.3. The van der Waals surface area contributed by atoms with Crippen LogP contribution in [0.4, 0.5) is 4.79 Å². The van der Waals surface area contributed by atoms with E-state index in [1.807, 2.05) is 32.0 Å². The zero-order valence-electron chi connectivity index (χ0n) is 13.2. The van der Waals surface area contributed by atoms with Crippen molar-refractivity contribution in [1.82, 2.24) is 16.0 Å². The van der Waals surface area contributed by atoms with Gasteiger partial charge in [0.15, 0.2) is 0 Å². The van der Waals surface area contributed by atoms with Crippen LogP contribution in [0.3, 0.4) is 0 Å². The number of nitrogens with one attached hydrogen (secondary N) is 3. The smallest absolute Gasteiger partial charge is 0.314 e. The maximum atomic E-state index is 11.5. The average Bonchev–Trinajstić information content (AvgIpc) is 2.52. The highest BCUT2D eigenvalue weighted by atomic mass is 32.2. The monoisotopic (exact) mass is 323 g/mol. The summed E-state index contributed by atoms with van der Waals surface area (Å²) < 4.78 is 0. The summed E-state index contributed by atoms with van der Waals surface area (Å²) in [6.45, 7) is 5.20. The Hall–Kier alpha value is -1.69. The standard InChI is InChI=1S/C16H25N3O2S/c1-13(2)15(20)17-10-11-19-16(21)18-9-6-12-22-14-7-4-3-5-8-14/h3-5,7-8,13H,6,9-12H2,1-2H3,(H,17,20)(H2,18,19,21). The van der Waals surface area contributed by atoms with Crippen molar-refractivity contribution < 1.29 is 9.59 Å². The van der Waals surface area contributed by atoms with Gasteiger partial charge in [0, 0.05) is 30.4 Å². The van der Waals surface area contributed by atoms with E-state index in [4.69, 9.17) is 0 Å². The van der Waals surface area contributed by atoms with Gasteiger partial charge in [0.1, 0.15) is 0 Å². The molecule has 22 heavy (non-hydrogen) atoms. The molecule has 0 heterocycles. The highest BCUT2D eigenvalue weighted by Crippen LogP contribution is 2.17. The Kier molecular flexibility index (Phi) is 9.14. The molecule has 0 radical (unpaired) electrons. The molecule has 122 valence electrons. The van der Waals surface area contributed by atoms with Gasteiger partial charge in [-0.25, -0.2) is 4.79 Å². The number of carbonyl (C=O) groups excluding carboxylic acids is 2. The van der Waals surface area contributed by atoms with Gasteiger partial charge in [0.25, 0.3) is 0 Å². The molecule has 3 N–H and O–H groups in total. The summed E-state index contributed by atoms with van der Waals surface area (Å²) in [5, 5.41) is 8.26. The molecule has 1 rings (SSSR count). The molecule has 0 bridgehead atoms. The van der Waals surface area contributed by atoms with Crippen molar-refractivity contribution in [2.45, 2.75) is 25.2 Å².